The Kier molecular flexibility index (Phi) is 19.4. The van der Waals surface area contributed by atoms with E-state index in [1.807, 2.05) is 93.4 Å². The molecular formula is C58H78N12O8S2. The van der Waals surface area contributed by atoms with Crippen LogP contribution in [0.3, 0.4) is 0 Å². The number of rotatable bonds is 8. The van der Waals surface area contributed by atoms with Gasteiger partial charge < -0.3 is 47.6 Å². The van der Waals surface area contributed by atoms with Crippen molar-refractivity contribution in [1.29, 1.82) is 0 Å². The lowest BCUT2D eigenvalue weighted by Gasteiger charge is -2.37. The third kappa shape index (κ3) is 14.4. The van der Waals surface area contributed by atoms with E-state index in [-0.39, 0.29) is 65.4 Å². The fourth-order valence-corrected chi connectivity index (χ4v) is 13.7. The second-order valence-corrected chi connectivity index (χ2v) is 25.0. The largest absolute Gasteiger partial charge is 0.393 e. The van der Waals surface area contributed by atoms with Crippen molar-refractivity contribution >= 4 is 96.5 Å². The monoisotopic (exact) mass is 1130 g/mol. The van der Waals surface area contributed by atoms with Gasteiger partial charge in [-0.1, -0.05) is 24.3 Å². The topological polar surface area (TPSA) is 249 Å². The Hall–Kier alpha value is -6.27. The van der Waals surface area contributed by atoms with Crippen LogP contribution < -0.4 is 42.5 Å². The predicted molar refractivity (Wildman–Crippen MR) is 320 cm³/mol. The summed E-state index contributed by atoms with van der Waals surface area (Å²) in [6.07, 6.45) is 5.38. The van der Waals surface area contributed by atoms with E-state index in [1.54, 1.807) is 0 Å². The summed E-state index contributed by atoms with van der Waals surface area (Å²) in [6, 6.07) is 23.7. The van der Waals surface area contributed by atoms with Gasteiger partial charge in [-0.2, -0.15) is 11.8 Å². The zero-order valence-corrected chi connectivity index (χ0v) is 48.0. The second kappa shape index (κ2) is 26.5. The van der Waals surface area contributed by atoms with E-state index in [2.05, 4.69) is 81.5 Å². The number of aliphatic hydroxyl groups is 1. The fourth-order valence-electron chi connectivity index (χ4n) is 11.6. The summed E-state index contributed by atoms with van der Waals surface area (Å²) >= 11 is 1.97. The van der Waals surface area contributed by atoms with Crippen LogP contribution in [0.1, 0.15) is 47.9 Å². The van der Waals surface area contributed by atoms with Crippen molar-refractivity contribution in [2.24, 2.45) is 0 Å². The number of ketones is 1. The number of Topliss-reactive ketones (excluding diaryl/α,β-unsaturated/α-hetero) is 1. The van der Waals surface area contributed by atoms with Crippen LogP contribution in [0.25, 0.3) is 0 Å². The number of nitrogens with one attached hydrogen (secondary N) is 8. The first kappa shape index (κ1) is 58.4. The first-order valence-corrected chi connectivity index (χ1v) is 31.0. The third-order valence-electron chi connectivity index (χ3n) is 16.5. The van der Waals surface area contributed by atoms with Crippen LogP contribution in [0.5, 0.6) is 0 Å². The molecule has 0 aromatic heterocycles. The number of likely N-dealkylation sites (tertiary alicyclic amines) is 2. The maximum absolute atomic E-state index is 12.3. The lowest BCUT2D eigenvalue weighted by atomic mass is 9.95. The van der Waals surface area contributed by atoms with E-state index in [0.29, 0.717) is 51.2 Å². The Balaban J connectivity index is 0.000000129. The molecule has 0 spiro atoms. The minimum absolute atomic E-state index is 0.00818. The highest BCUT2D eigenvalue weighted by molar-refractivity contribution is 7.99. The average Bonchev–Trinajstić information content (AvgIpc) is 3.50. The molecule has 22 heteroatoms. The molecule has 8 heterocycles. The van der Waals surface area contributed by atoms with Gasteiger partial charge in [0.25, 0.3) is 0 Å². The summed E-state index contributed by atoms with van der Waals surface area (Å²) in [6.45, 7) is 5.89. The molecule has 8 aliphatic rings. The lowest BCUT2D eigenvalue weighted by molar-refractivity contribution is -0.127. The number of aliphatic hydroxyl groups excluding tert-OH is 1. The molecule has 4 amide bonds. The van der Waals surface area contributed by atoms with Gasteiger partial charge in [-0.05, 0) is 109 Å². The normalized spacial score (nSPS) is 24.0. The molecule has 80 heavy (non-hydrogen) atoms. The van der Waals surface area contributed by atoms with Crippen molar-refractivity contribution in [2.75, 3.05) is 146 Å². The smallest absolute Gasteiger partial charge is 0.242 e. The summed E-state index contributed by atoms with van der Waals surface area (Å²) in [5.41, 5.74) is 12.3. The van der Waals surface area contributed by atoms with E-state index in [9.17, 15) is 37.5 Å². The van der Waals surface area contributed by atoms with Crippen LogP contribution in [-0.4, -0.2) is 196 Å². The summed E-state index contributed by atoms with van der Waals surface area (Å²) < 4.78 is 23.0. The molecule has 0 bridgehead atoms. The molecule has 0 saturated carbocycles. The van der Waals surface area contributed by atoms with Crippen molar-refractivity contribution in [2.45, 2.75) is 81.6 Å². The number of hydrogen-bond donors (Lipinski definition) is 9. The number of piperidine rings is 2. The zero-order valence-electron chi connectivity index (χ0n) is 46.4. The highest BCUT2D eigenvalue weighted by Crippen LogP contribution is 2.33. The molecule has 9 N–H and O–H groups in total. The predicted octanol–water partition coefficient (Wildman–Crippen LogP) is 4.27. The molecular weight excluding hydrogens is 1060 g/mol. The number of sulfone groups is 1. The Morgan fingerprint density at radius 3 is 1.07 bits per heavy atom. The minimum Gasteiger partial charge on any atom is -0.393 e. The van der Waals surface area contributed by atoms with E-state index < -0.39 is 9.84 Å². The van der Waals surface area contributed by atoms with Crippen molar-refractivity contribution in [3.8, 4) is 0 Å². The number of thioether (sulfide) groups is 1. The van der Waals surface area contributed by atoms with Crippen molar-refractivity contribution in [3.05, 3.63) is 95.1 Å². The van der Waals surface area contributed by atoms with Crippen LogP contribution in [0.15, 0.2) is 72.8 Å². The van der Waals surface area contributed by atoms with Gasteiger partial charge in [0.2, 0.25) is 23.6 Å². The van der Waals surface area contributed by atoms with Gasteiger partial charge in [0.15, 0.2) is 9.84 Å². The first-order valence-electron chi connectivity index (χ1n) is 28.0. The highest BCUT2D eigenvalue weighted by atomic mass is 32.2. The molecule has 4 unspecified atom stereocenters. The summed E-state index contributed by atoms with van der Waals surface area (Å²) in [7, 11) is 4.53. The maximum atomic E-state index is 12.3. The van der Waals surface area contributed by atoms with Crippen LogP contribution in [-0.2, 0) is 59.5 Å². The van der Waals surface area contributed by atoms with Crippen LogP contribution in [0.2, 0.25) is 0 Å². The molecule has 4 aromatic carbocycles. The van der Waals surface area contributed by atoms with Gasteiger partial charge in [0.05, 0.1) is 41.8 Å². The summed E-state index contributed by atoms with van der Waals surface area (Å²) in [5.74, 6) is 3.07. The van der Waals surface area contributed by atoms with Crippen LogP contribution in [0, 0.1) is 0 Å². The number of anilines is 8. The quantitative estimate of drug-likeness (QED) is 0.120. The SMILES string of the molecule is CNc1ccc2c(c1)NC(=O)C(N1CCC(=O)CC1)C2.CNc1ccc2c(c1)NC(=O)C(N1CCC(O)CC1)C2.CNc1ccc2c(c1)NC(=O)C(N1CCS(=O)(=O)CC1)C2.CNc1ccc2c(c1)NC(=O)C(N1CCSCC1)C2. The lowest BCUT2D eigenvalue weighted by Crippen LogP contribution is -2.53. The number of hydrogen-bond acceptors (Lipinski definition) is 17. The van der Waals surface area contributed by atoms with Gasteiger partial charge in [0, 0.05) is 150 Å². The van der Waals surface area contributed by atoms with Gasteiger partial charge in [-0.3, -0.25) is 43.6 Å². The van der Waals surface area contributed by atoms with Gasteiger partial charge in [0.1, 0.15) is 5.78 Å². The number of carbonyl (C=O) groups excluding carboxylic acids is 5. The van der Waals surface area contributed by atoms with Gasteiger partial charge in [-0.25, -0.2) is 8.42 Å². The minimum atomic E-state index is -2.92. The number of benzene rings is 4. The fraction of sp³-hybridized carbons (Fsp3) is 0.500. The molecule has 4 atom stereocenters. The van der Waals surface area contributed by atoms with E-state index in [0.717, 1.165) is 126 Å². The molecule has 8 aliphatic heterocycles. The van der Waals surface area contributed by atoms with E-state index in [4.69, 9.17) is 0 Å². The standard InChI is InChI=1S/C15H21N3O2.C15H19N3O2.C14H19N3O3S.C14H19N3OS/c2*1-16-11-3-2-10-8-14(15(20)17-13(10)9-11)18-6-4-12(19)5-7-18;1-15-11-3-2-10-8-13(14(18)16-12(10)9-11)17-4-6-21(19,20)7-5-17;1-15-11-3-2-10-8-13(14(18)16-12(10)9-11)17-4-6-19-7-5-17/h2-3,9,12,14,16,19H,4-8H2,1H3,(H,17,20);2-3,9,14,16H,4-8H2,1H3,(H,17,20);2-3,9,13,15H,4-8H2,1H3,(H,16,18);2-3,9,13,15H,4-8H2,1H3,(H,16,18). The molecule has 430 valence electrons. The number of amides is 4. The van der Waals surface area contributed by atoms with Gasteiger partial charge in [-0.15, -0.1) is 0 Å². The molecule has 4 aromatic rings. The Labute approximate surface area is 474 Å². The second-order valence-electron chi connectivity index (χ2n) is 21.5. The highest BCUT2D eigenvalue weighted by Gasteiger charge is 2.37. The molecule has 4 saturated heterocycles. The van der Waals surface area contributed by atoms with Crippen molar-refractivity contribution < 1.29 is 37.5 Å². The molecule has 12 rings (SSSR count). The Bertz CT molecular complexity index is 3000. The average molecular weight is 1140 g/mol. The number of fused-ring (bicyclic) bond motifs is 4. The Morgan fingerprint density at radius 1 is 0.450 bits per heavy atom. The van der Waals surface area contributed by atoms with Crippen LogP contribution >= 0.6 is 11.8 Å². The van der Waals surface area contributed by atoms with Crippen molar-refractivity contribution in [1.82, 2.24) is 19.6 Å². The third-order valence-corrected chi connectivity index (χ3v) is 19.1. The molecule has 0 radical (unpaired) electrons. The maximum Gasteiger partial charge on any atom is 0.242 e. The van der Waals surface area contributed by atoms with Crippen LogP contribution in [0.4, 0.5) is 45.5 Å². The van der Waals surface area contributed by atoms with Gasteiger partial charge >= 0.3 is 0 Å². The number of carbonyl (C=O) groups is 5. The summed E-state index contributed by atoms with van der Waals surface area (Å²) in [5, 5.41) is 33.9. The Morgan fingerprint density at radius 2 is 0.750 bits per heavy atom. The first-order chi connectivity index (χ1) is 38.6. The molecule has 4 fully saturated rings. The molecule has 0 aliphatic carbocycles. The van der Waals surface area contributed by atoms with E-state index in [1.165, 1.54) is 11.1 Å². The van der Waals surface area contributed by atoms with E-state index >= 15 is 0 Å². The number of nitrogens with zero attached hydrogens (tertiary/aromatic N) is 4. The zero-order chi connectivity index (χ0) is 56.5. The molecule has 20 nitrogen and oxygen atoms in total. The summed E-state index contributed by atoms with van der Waals surface area (Å²) in [4.78, 5) is 69.1. The van der Waals surface area contributed by atoms with Crippen molar-refractivity contribution in [3.63, 3.8) is 0 Å².